The maximum absolute atomic E-state index is 13.5. The predicted molar refractivity (Wildman–Crippen MR) is 119 cm³/mol. The van der Waals surface area contributed by atoms with Gasteiger partial charge in [-0.2, -0.15) is 0 Å². The molecule has 4 bridgehead atoms. The second kappa shape index (κ2) is 8.16. The Morgan fingerprint density at radius 2 is 1.63 bits per heavy atom. The molecule has 6 rings (SSSR count). The fraction of sp³-hybridized carbons (Fsp3) is 0.720. The van der Waals surface area contributed by atoms with Gasteiger partial charge in [0.2, 0.25) is 5.91 Å². The van der Waals surface area contributed by atoms with Gasteiger partial charge in [0.15, 0.2) is 0 Å². The van der Waals surface area contributed by atoms with Crippen molar-refractivity contribution in [3.8, 4) is 0 Å². The number of ether oxygens (including phenoxy) is 1. The molecule has 1 amide bonds. The lowest BCUT2D eigenvalue weighted by molar-refractivity contribution is -0.937. The van der Waals surface area contributed by atoms with Gasteiger partial charge >= 0.3 is 0 Å². The fourth-order valence-corrected chi connectivity index (χ4v) is 7.26. The van der Waals surface area contributed by atoms with Crippen LogP contribution in [0.5, 0.6) is 0 Å². The summed E-state index contributed by atoms with van der Waals surface area (Å²) in [4.78, 5) is 17.2. The molecule has 164 valence electrons. The van der Waals surface area contributed by atoms with Gasteiger partial charge in [0.1, 0.15) is 19.1 Å². The van der Waals surface area contributed by atoms with Crippen LogP contribution in [0.15, 0.2) is 24.3 Å². The van der Waals surface area contributed by atoms with E-state index in [0.717, 1.165) is 69.9 Å². The number of nitrogens with zero attached hydrogens (tertiary/aromatic N) is 1. The number of hydrogen-bond donors (Lipinski definition) is 2. The third-order valence-corrected chi connectivity index (χ3v) is 8.43. The molecule has 1 heterocycles. The molecule has 1 aromatic rings. The number of benzene rings is 1. The van der Waals surface area contributed by atoms with Crippen LogP contribution in [0.2, 0.25) is 0 Å². The summed E-state index contributed by atoms with van der Waals surface area (Å²) in [6.07, 6.45) is 7.55. The Balaban J connectivity index is 1.30. The van der Waals surface area contributed by atoms with Crippen LogP contribution in [0.25, 0.3) is 0 Å². The second-order valence-corrected chi connectivity index (χ2v) is 10.7. The van der Waals surface area contributed by atoms with Crippen molar-refractivity contribution in [1.82, 2.24) is 5.32 Å². The van der Waals surface area contributed by atoms with Crippen LogP contribution < -0.4 is 15.1 Å². The smallest absolute Gasteiger partial charge is 0.226 e. The Bertz CT molecular complexity index is 719. The van der Waals surface area contributed by atoms with Gasteiger partial charge in [-0.25, -0.2) is 0 Å². The quantitative estimate of drug-likeness (QED) is 0.752. The van der Waals surface area contributed by atoms with E-state index in [1.165, 1.54) is 35.4 Å². The number of anilines is 1. The highest BCUT2D eigenvalue weighted by Crippen LogP contribution is 2.60. The summed E-state index contributed by atoms with van der Waals surface area (Å²) in [5, 5.41) is 3.46. The Hall–Kier alpha value is -1.59. The maximum Gasteiger partial charge on any atom is 0.226 e. The highest BCUT2D eigenvalue weighted by atomic mass is 16.5. The van der Waals surface area contributed by atoms with Gasteiger partial charge in [-0.15, -0.1) is 0 Å². The van der Waals surface area contributed by atoms with Crippen molar-refractivity contribution in [3.63, 3.8) is 0 Å². The molecule has 0 spiro atoms. The molecule has 4 aliphatic carbocycles. The Kier molecular flexibility index (Phi) is 5.53. The Morgan fingerprint density at radius 1 is 1.07 bits per heavy atom. The lowest BCUT2D eigenvalue weighted by Gasteiger charge is -2.55. The van der Waals surface area contributed by atoms with E-state index in [1.54, 1.807) is 0 Å². The Labute approximate surface area is 181 Å². The summed E-state index contributed by atoms with van der Waals surface area (Å²) in [6, 6.07) is 9.19. The molecule has 2 N–H and O–H groups in total. The van der Waals surface area contributed by atoms with Crippen LogP contribution in [0.4, 0.5) is 5.69 Å². The van der Waals surface area contributed by atoms with Crippen molar-refractivity contribution in [2.24, 2.45) is 23.2 Å². The number of rotatable bonds is 6. The Morgan fingerprint density at radius 3 is 2.17 bits per heavy atom. The zero-order valence-corrected chi connectivity index (χ0v) is 18.7. The molecule has 30 heavy (non-hydrogen) atoms. The molecule has 5 aliphatic rings. The van der Waals surface area contributed by atoms with Gasteiger partial charge < -0.3 is 19.9 Å². The van der Waals surface area contributed by atoms with Gasteiger partial charge in [-0.05, 0) is 68.4 Å². The van der Waals surface area contributed by atoms with E-state index in [1.807, 2.05) is 0 Å². The predicted octanol–water partition coefficient (Wildman–Crippen LogP) is 2.04. The van der Waals surface area contributed by atoms with Crippen LogP contribution in [0.3, 0.4) is 0 Å². The van der Waals surface area contributed by atoms with E-state index in [4.69, 9.17) is 4.74 Å². The third kappa shape index (κ3) is 3.87. The van der Waals surface area contributed by atoms with Crippen molar-refractivity contribution in [3.05, 3.63) is 29.8 Å². The minimum atomic E-state index is -0.0611. The average molecular weight is 413 g/mol. The van der Waals surface area contributed by atoms with Crippen LogP contribution >= 0.6 is 0 Å². The van der Waals surface area contributed by atoms with E-state index in [0.29, 0.717) is 11.9 Å². The van der Waals surface area contributed by atoms with Gasteiger partial charge in [0.25, 0.3) is 0 Å². The van der Waals surface area contributed by atoms with E-state index >= 15 is 0 Å². The molecule has 5 fully saturated rings. The topological polar surface area (TPSA) is 46.0 Å². The van der Waals surface area contributed by atoms with Gasteiger partial charge in [-0.3, -0.25) is 4.79 Å². The number of carbonyl (C=O) groups is 1. The molecule has 0 aromatic heterocycles. The first-order chi connectivity index (χ1) is 14.5. The van der Waals surface area contributed by atoms with Gasteiger partial charge in [0.05, 0.1) is 19.8 Å². The minimum absolute atomic E-state index is 0.0611. The number of quaternary nitrogens is 1. The molecule has 0 unspecified atom stereocenters. The SMILES string of the molecule is CN(C)c1ccc([C@@H](CNC(=O)C23CC4CC(CC(C4)C2)C3)[NH+]2CCOCC2)cc1. The largest absolute Gasteiger partial charge is 0.378 e. The number of nitrogens with one attached hydrogen (secondary N) is 2. The summed E-state index contributed by atoms with van der Waals surface area (Å²) in [7, 11) is 4.15. The zero-order valence-electron chi connectivity index (χ0n) is 18.7. The first-order valence-corrected chi connectivity index (χ1v) is 12.0. The summed E-state index contributed by atoms with van der Waals surface area (Å²) in [5.41, 5.74) is 2.48. The molecule has 4 saturated carbocycles. The molecule has 1 saturated heterocycles. The monoisotopic (exact) mass is 412 g/mol. The molecule has 1 atom stereocenters. The molecular formula is C25H38N3O2+. The number of amides is 1. The van der Waals surface area contributed by atoms with E-state index in [9.17, 15) is 4.79 Å². The van der Waals surface area contributed by atoms with Gasteiger partial charge in [0, 0.05) is 30.8 Å². The molecule has 0 radical (unpaired) electrons. The number of carbonyl (C=O) groups excluding carboxylic acids is 1. The minimum Gasteiger partial charge on any atom is -0.378 e. The van der Waals surface area contributed by atoms with E-state index in [2.05, 4.69) is 48.6 Å². The van der Waals surface area contributed by atoms with Crippen LogP contribution in [-0.2, 0) is 9.53 Å². The van der Waals surface area contributed by atoms with Crippen LogP contribution in [0.1, 0.15) is 50.1 Å². The molecule has 5 nitrogen and oxygen atoms in total. The van der Waals surface area contributed by atoms with Crippen molar-refractivity contribution in [2.75, 3.05) is 51.8 Å². The fourth-order valence-electron chi connectivity index (χ4n) is 7.26. The van der Waals surface area contributed by atoms with Crippen LogP contribution in [0, 0.1) is 23.2 Å². The summed E-state index contributed by atoms with van der Waals surface area (Å²) < 4.78 is 5.61. The number of morpholine rings is 1. The lowest BCUT2D eigenvalue weighted by Crippen LogP contribution is -3.15. The summed E-state index contributed by atoms with van der Waals surface area (Å²) in [6.45, 7) is 4.37. The summed E-state index contributed by atoms with van der Waals surface area (Å²) in [5.74, 6) is 2.77. The second-order valence-electron chi connectivity index (χ2n) is 10.7. The third-order valence-electron chi connectivity index (χ3n) is 8.43. The van der Waals surface area contributed by atoms with Crippen LogP contribution in [-0.4, -0.2) is 52.9 Å². The highest BCUT2D eigenvalue weighted by Gasteiger charge is 2.54. The maximum atomic E-state index is 13.5. The molecular weight excluding hydrogens is 374 g/mol. The summed E-state index contributed by atoms with van der Waals surface area (Å²) >= 11 is 0. The normalized spacial score (nSPS) is 34.0. The van der Waals surface area contributed by atoms with E-state index < -0.39 is 0 Å². The first-order valence-electron chi connectivity index (χ1n) is 12.0. The molecule has 1 aromatic carbocycles. The standard InChI is InChI=1S/C25H37N3O2/c1-27(2)22-5-3-21(4-6-22)23(28-7-9-30-10-8-28)17-26-24(29)25-14-18-11-19(15-25)13-20(12-18)16-25/h3-6,18-20,23H,7-17H2,1-2H3,(H,26,29)/p+1/t18?,19?,20?,23-,25?/m1/s1. The average Bonchev–Trinajstić information content (AvgIpc) is 2.74. The van der Waals surface area contributed by atoms with Crippen molar-refractivity contribution in [1.29, 1.82) is 0 Å². The lowest BCUT2D eigenvalue weighted by atomic mass is 9.49. The molecule has 1 aliphatic heterocycles. The number of hydrogen-bond acceptors (Lipinski definition) is 3. The highest BCUT2D eigenvalue weighted by molar-refractivity contribution is 5.83. The zero-order chi connectivity index (χ0) is 20.7. The van der Waals surface area contributed by atoms with E-state index in [-0.39, 0.29) is 5.41 Å². The first kappa shape index (κ1) is 20.3. The van der Waals surface area contributed by atoms with Crippen molar-refractivity contribution >= 4 is 11.6 Å². The van der Waals surface area contributed by atoms with Crippen molar-refractivity contribution in [2.45, 2.75) is 44.6 Å². The van der Waals surface area contributed by atoms with Crippen molar-refractivity contribution < 1.29 is 14.4 Å². The molecule has 5 heteroatoms. The van der Waals surface area contributed by atoms with Gasteiger partial charge in [-0.1, -0.05) is 12.1 Å².